The zero-order chi connectivity index (χ0) is 17.5. The van der Waals surface area contributed by atoms with Gasteiger partial charge in [0, 0.05) is 23.0 Å². The molecule has 4 nitrogen and oxygen atoms in total. The number of rotatable bonds is 8. The predicted molar refractivity (Wildman–Crippen MR) is 96.8 cm³/mol. The van der Waals surface area contributed by atoms with Crippen LogP contribution in [0.2, 0.25) is 5.02 Å². The van der Waals surface area contributed by atoms with Crippen LogP contribution in [0.15, 0.2) is 45.7 Å². The van der Waals surface area contributed by atoms with Crippen molar-refractivity contribution in [2.75, 3.05) is 13.1 Å². The lowest BCUT2D eigenvalue weighted by molar-refractivity contribution is 0.0729. The van der Waals surface area contributed by atoms with E-state index in [2.05, 4.69) is 6.92 Å². The molecule has 1 aromatic carbocycles. The fourth-order valence-electron chi connectivity index (χ4n) is 2.28. The van der Waals surface area contributed by atoms with E-state index >= 15 is 0 Å². The van der Waals surface area contributed by atoms with Crippen LogP contribution in [-0.2, 0) is 16.6 Å². The third-order valence-corrected chi connectivity index (χ3v) is 5.27. The van der Waals surface area contributed by atoms with Crippen LogP contribution in [0.3, 0.4) is 0 Å². The van der Waals surface area contributed by atoms with Gasteiger partial charge in [0.15, 0.2) is 5.76 Å². The van der Waals surface area contributed by atoms with Crippen molar-refractivity contribution >= 4 is 28.3 Å². The smallest absolute Gasteiger partial charge is 0.289 e. The summed E-state index contributed by atoms with van der Waals surface area (Å²) < 4.78 is 18.0. The number of halogens is 1. The Morgan fingerprint density at radius 2 is 1.88 bits per heavy atom. The van der Waals surface area contributed by atoms with Crippen molar-refractivity contribution in [1.29, 1.82) is 0 Å². The number of unbranched alkanes of at least 4 members (excludes halogenated alkanes) is 1. The third-order valence-electron chi connectivity index (χ3n) is 3.67. The Kier molecular flexibility index (Phi) is 7.06. The molecule has 0 saturated heterocycles. The van der Waals surface area contributed by atoms with Gasteiger partial charge in [-0.25, -0.2) is 0 Å². The minimum atomic E-state index is -1.24. The molecule has 0 spiro atoms. The summed E-state index contributed by atoms with van der Waals surface area (Å²) in [6.07, 6.45) is 2.00. The second-order valence-electron chi connectivity index (χ2n) is 5.45. The molecule has 1 amide bonds. The molecule has 2 rings (SSSR count). The molecule has 0 N–H and O–H groups in total. The average Bonchev–Trinajstić information content (AvgIpc) is 3.04. The highest BCUT2D eigenvalue weighted by atomic mass is 35.5. The molecule has 0 unspecified atom stereocenters. The number of hydrogen-bond acceptors (Lipinski definition) is 3. The molecule has 130 valence electrons. The lowest BCUT2D eigenvalue weighted by Crippen LogP contribution is -2.31. The van der Waals surface area contributed by atoms with Crippen molar-refractivity contribution < 1.29 is 13.4 Å². The summed E-state index contributed by atoms with van der Waals surface area (Å²) >= 11 is 5.83. The van der Waals surface area contributed by atoms with Gasteiger partial charge in [-0.2, -0.15) is 0 Å². The first-order valence-corrected chi connectivity index (χ1v) is 9.76. The van der Waals surface area contributed by atoms with E-state index in [1.807, 2.05) is 6.92 Å². The van der Waals surface area contributed by atoms with E-state index in [0.717, 1.165) is 19.4 Å². The van der Waals surface area contributed by atoms with Gasteiger partial charge in [0.05, 0.1) is 16.6 Å². The Morgan fingerprint density at radius 3 is 2.50 bits per heavy atom. The van der Waals surface area contributed by atoms with Crippen molar-refractivity contribution in [3.8, 4) is 0 Å². The Morgan fingerprint density at radius 1 is 1.17 bits per heavy atom. The number of hydrogen-bond donors (Lipinski definition) is 0. The summed E-state index contributed by atoms with van der Waals surface area (Å²) in [5.74, 6) is 0.958. The number of carbonyl (C=O) groups is 1. The Labute approximate surface area is 150 Å². The summed E-state index contributed by atoms with van der Waals surface area (Å²) in [6, 6.07) is 10.3. The monoisotopic (exact) mass is 367 g/mol. The van der Waals surface area contributed by atoms with Crippen LogP contribution < -0.4 is 0 Å². The molecule has 1 atom stereocenters. The molecule has 0 saturated carbocycles. The van der Waals surface area contributed by atoms with Gasteiger partial charge in [-0.1, -0.05) is 24.9 Å². The Hall–Kier alpha value is -1.59. The van der Waals surface area contributed by atoms with Crippen molar-refractivity contribution in [2.24, 2.45) is 0 Å². The van der Waals surface area contributed by atoms with E-state index in [1.165, 1.54) is 0 Å². The van der Waals surface area contributed by atoms with Crippen LogP contribution in [-0.4, -0.2) is 28.1 Å². The fourth-order valence-corrected chi connectivity index (χ4v) is 3.42. The van der Waals surface area contributed by atoms with Gasteiger partial charge in [0.2, 0.25) is 0 Å². The zero-order valence-electron chi connectivity index (χ0n) is 14.0. The first kappa shape index (κ1) is 18.7. The zero-order valence-corrected chi connectivity index (χ0v) is 15.5. The Bertz CT molecular complexity index is 697. The maximum atomic E-state index is 12.4. The van der Waals surface area contributed by atoms with Gasteiger partial charge >= 0.3 is 0 Å². The van der Waals surface area contributed by atoms with Gasteiger partial charge in [-0.3, -0.25) is 9.00 Å². The van der Waals surface area contributed by atoms with Crippen LogP contribution in [0, 0.1) is 0 Å². The van der Waals surface area contributed by atoms with E-state index in [-0.39, 0.29) is 11.7 Å². The summed E-state index contributed by atoms with van der Waals surface area (Å²) in [5.41, 5.74) is 0. The van der Waals surface area contributed by atoms with Crippen LogP contribution in [0.25, 0.3) is 0 Å². The lowest BCUT2D eigenvalue weighted by atomic mass is 10.3. The van der Waals surface area contributed by atoms with Gasteiger partial charge in [-0.15, -0.1) is 0 Å². The topological polar surface area (TPSA) is 50.5 Å². The summed E-state index contributed by atoms with van der Waals surface area (Å²) in [7, 11) is -1.24. The van der Waals surface area contributed by atoms with Crippen LogP contribution in [0.5, 0.6) is 0 Å². The van der Waals surface area contributed by atoms with Crippen molar-refractivity contribution in [2.45, 2.75) is 37.3 Å². The van der Waals surface area contributed by atoms with Gasteiger partial charge in [0.25, 0.3) is 5.91 Å². The molecule has 0 bridgehead atoms. The molecular formula is C18H22ClNO3S. The van der Waals surface area contributed by atoms with Crippen LogP contribution in [0.1, 0.15) is 43.0 Å². The first-order chi connectivity index (χ1) is 11.5. The first-order valence-electron chi connectivity index (χ1n) is 8.07. The number of amides is 1. The molecule has 0 aliphatic carbocycles. The minimum absolute atomic E-state index is 0.116. The Balaban J connectivity index is 2.03. The molecule has 0 fully saturated rings. The SMILES string of the molecule is CCCCN(CC)C(=O)c1ccc(C[S@](=O)c2ccc(Cl)cc2)o1. The second-order valence-corrected chi connectivity index (χ2v) is 7.34. The standard InChI is InChI=1S/C18H22ClNO3S/c1-3-5-12-20(4-2)18(21)17-11-8-15(23-17)13-24(22)16-9-6-14(19)7-10-16/h6-11H,3-5,12-13H2,1-2H3/t24-/m0/s1. The molecule has 0 aliphatic heterocycles. The van der Waals surface area contributed by atoms with E-state index in [4.69, 9.17) is 16.0 Å². The minimum Gasteiger partial charge on any atom is -0.455 e. The lowest BCUT2D eigenvalue weighted by Gasteiger charge is -2.19. The average molecular weight is 368 g/mol. The largest absolute Gasteiger partial charge is 0.455 e. The molecule has 0 radical (unpaired) electrons. The normalized spacial score (nSPS) is 12.1. The van der Waals surface area contributed by atoms with Crippen molar-refractivity contribution in [3.05, 3.63) is 52.9 Å². The summed E-state index contributed by atoms with van der Waals surface area (Å²) in [4.78, 5) is 14.9. The fraction of sp³-hybridized carbons (Fsp3) is 0.389. The number of furan rings is 1. The van der Waals surface area contributed by atoms with Crippen molar-refractivity contribution in [1.82, 2.24) is 4.90 Å². The molecule has 0 aliphatic rings. The molecule has 1 aromatic heterocycles. The molecular weight excluding hydrogens is 346 g/mol. The van der Waals surface area contributed by atoms with Gasteiger partial charge < -0.3 is 9.32 Å². The number of carbonyl (C=O) groups excluding carboxylic acids is 1. The maximum absolute atomic E-state index is 12.4. The van der Waals surface area contributed by atoms with E-state index < -0.39 is 10.8 Å². The molecule has 24 heavy (non-hydrogen) atoms. The predicted octanol–water partition coefficient (Wildman–Crippen LogP) is 4.50. The summed E-state index contributed by atoms with van der Waals surface area (Å²) in [6.45, 7) is 5.41. The molecule has 2 aromatic rings. The van der Waals surface area contributed by atoms with E-state index in [9.17, 15) is 9.00 Å². The van der Waals surface area contributed by atoms with Gasteiger partial charge in [0.1, 0.15) is 5.76 Å². The molecule has 6 heteroatoms. The number of benzene rings is 1. The van der Waals surface area contributed by atoms with Crippen LogP contribution in [0.4, 0.5) is 0 Å². The molecule has 1 heterocycles. The summed E-state index contributed by atoms with van der Waals surface area (Å²) in [5, 5.41) is 0.605. The van der Waals surface area contributed by atoms with Crippen molar-refractivity contribution in [3.63, 3.8) is 0 Å². The van der Waals surface area contributed by atoms with E-state index in [1.54, 1.807) is 41.3 Å². The van der Waals surface area contributed by atoms with Crippen LogP contribution >= 0.6 is 11.6 Å². The number of nitrogens with zero attached hydrogens (tertiary/aromatic N) is 1. The third kappa shape index (κ3) is 4.95. The highest BCUT2D eigenvalue weighted by Crippen LogP contribution is 2.18. The maximum Gasteiger partial charge on any atom is 0.289 e. The van der Waals surface area contributed by atoms with E-state index in [0.29, 0.717) is 28.0 Å². The highest BCUT2D eigenvalue weighted by Gasteiger charge is 2.18. The van der Waals surface area contributed by atoms with Gasteiger partial charge in [-0.05, 0) is 49.7 Å². The highest BCUT2D eigenvalue weighted by molar-refractivity contribution is 7.84. The second kappa shape index (κ2) is 9.04. The quantitative estimate of drug-likeness (QED) is 0.690.